The lowest BCUT2D eigenvalue weighted by molar-refractivity contribution is 0.486. The zero-order chi connectivity index (χ0) is 13.7. The summed E-state index contributed by atoms with van der Waals surface area (Å²) in [6.45, 7) is 2.63. The van der Waals surface area contributed by atoms with Gasteiger partial charge in [0, 0.05) is 26.1 Å². The second-order valence-corrected chi connectivity index (χ2v) is 4.11. The van der Waals surface area contributed by atoms with Crippen LogP contribution in [0.15, 0.2) is 28.9 Å². The van der Waals surface area contributed by atoms with E-state index in [0.29, 0.717) is 18.2 Å². The monoisotopic (exact) mass is 257 g/mol. The summed E-state index contributed by atoms with van der Waals surface area (Å²) in [6.07, 6.45) is 4.21. The molecule has 1 N–H and O–H groups in total. The van der Waals surface area contributed by atoms with Crippen LogP contribution in [-0.2, 0) is 6.42 Å². The minimum Gasteiger partial charge on any atom is -0.466 e. The second kappa shape index (κ2) is 5.87. The van der Waals surface area contributed by atoms with Crippen molar-refractivity contribution in [3.8, 4) is 6.19 Å². The molecule has 98 valence electrons. The van der Waals surface area contributed by atoms with Crippen molar-refractivity contribution in [2.75, 3.05) is 23.8 Å². The van der Waals surface area contributed by atoms with E-state index in [1.165, 1.54) is 11.2 Å². The molecular formula is C13H15N5O. The highest BCUT2D eigenvalue weighted by molar-refractivity contribution is 5.50. The number of nitrogens with one attached hydrogen (secondary N) is 1. The van der Waals surface area contributed by atoms with Gasteiger partial charge >= 0.3 is 0 Å². The molecule has 0 saturated heterocycles. The number of hydrogen-bond donors (Lipinski definition) is 1. The van der Waals surface area contributed by atoms with Gasteiger partial charge in [-0.05, 0) is 19.1 Å². The van der Waals surface area contributed by atoms with E-state index in [0.717, 1.165) is 17.9 Å². The number of anilines is 2. The Hall–Kier alpha value is -2.55. The first-order chi connectivity index (χ1) is 9.19. The molecule has 0 radical (unpaired) electrons. The SMILES string of the molecule is Cc1ccc(CCNc2cc(N(C)C#N)ncn2)o1. The highest BCUT2D eigenvalue weighted by Gasteiger charge is 2.03. The molecule has 2 aromatic rings. The largest absolute Gasteiger partial charge is 0.466 e. The molecule has 0 aliphatic heterocycles. The van der Waals surface area contributed by atoms with Crippen molar-refractivity contribution in [2.45, 2.75) is 13.3 Å². The third kappa shape index (κ3) is 3.45. The van der Waals surface area contributed by atoms with Crippen molar-refractivity contribution < 1.29 is 4.42 Å². The highest BCUT2D eigenvalue weighted by Crippen LogP contribution is 2.12. The molecule has 0 spiro atoms. The van der Waals surface area contributed by atoms with E-state index in [2.05, 4.69) is 15.3 Å². The Labute approximate surface area is 111 Å². The van der Waals surface area contributed by atoms with E-state index < -0.39 is 0 Å². The van der Waals surface area contributed by atoms with Crippen molar-refractivity contribution in [3.63, 3.8) is 0 Å². The third-order valence-electron chi connectivity index (χ3n) is 2.62. The molecule has 0 atom stereocenters. The Morgan fingerprint density at radius 1 is 1.42 bits per heavy atom. The van der Waals surface area contributed by atoms with Crippen molar-refractivity contribution in [1.82, 2.24) is 9.97 Å². The lowest BCUT2D eigenvalue weighted by Gasteiger charge is -2.09. The molecule has 2 aromatic heterocycles. The molecule has 0 saturated carbocycles. The molecule has 2 rings (SSSR count). The maximum absolute atomic E-state index is 8.79. The molecule has 19 heavy (non-hydrogen) atoms. The molecule has 2 heterocycles. The molecule has 0 amide bonds. The fourth-order valence-corrected chi connectivity index (χ4v) is 1.61. The average molecular weight is 257 g/mol. The zero-order valence-electron chi connectivity index (χ0n) is 10.9. The summed E-state index contributed by atoms with van der Waals surface area (Å²) >= 11 is 0. The Morgan fingerprint density at radius 3 is 2.95 bits per heavy atom. The van der Waals surface area contributed by atoms with Crippen LogP contribution >= 0.6 is 0 Å². The van der Waals surface area contributed by atoms with Crippen LogP contribution in [0.25, 0.3) is 0 Å². The van der Waals surface area contributed by atoms with Crippen LogP contribution in [0, 0.1) is 18.4 Å². The molecule has 0 unspecified atom stereocenters. The van der Waals surface area contributed by atoms with Crippen molar-refractivity contribution >= 4 is 11.6 Å². The Bertz CT molecular complexity index is 587. The first-order valence-corrected chi connectivity index (χ1v) is 5.94. The Kier molecular flexibility index (Phi) is 3.98. The van der Waals surface area contributed by atoms with E-state index in [4.69, 9.17) is 9.68 Å². The van der Waals surface area contributed by atoms with Crippen molar-refractivity contribution in [1.29, 1.82) is 5.26 Å². The van der Waals surface area contributed by atoms with Gasteiger partial charge in [0.25, 0.3) is 0 Å². The van der Waals surface area contributed by atoms with E-state index in [9.17, 15) is 0 Å². The fraction of sp³-hybridized carbons (Fsp3) is 0.308. The molecule has 6 nitrogen and oxygen atoms in total. The number of hydrogen-bond acceptors (Lipinski definition) is 6. The van der Waals surface area contributed by atoms with E-state index >= 15 is 0 Å². The summed E-state index contributed by atoms with van der Waals surface area (Å²) in [6, 6.07) is 5.64. The molecule has 0 aromatic carbocycles. The highest BCUT2D eigenvalue weighted by atomic mass is 16.3. The smallest absolute Gasteiger partial charge is 0.185 e. The van der Waals surface area contributed by atoms with Gasteiger partial charge in [0.15, 0.2) is 6.19 Å². The molecule has 0 aliphatic rings. The number of aryl methyl sites for hydroxylation is 1. The van der Waals surface area contributed by atoms with Crippen LogP contribution < -0.4 is 10.2 Å². The summed E-state index contributed by atoms with van der Waals surface area (Å²) < 4.78 is 5.48. The number of nitrogens with zero attached hydrogens (tertiary/aromatic N) is 4. The first-order valence-electron chi connectivity index (χ1n) is 5.94. The van der Waals surface area contributed by atoms with E-state index in [1.807, 2.05) is 25.2 Å². The Morgan fingerprint density at radius 2 is 2.26 bits per heavy atom. The van der Waals surface area contributed by atoms with Crippen molar-refractivity contribution in [2.24, 2.45) is 0 Å². The number of aromatic nitrogens is 2. The summed E-state index contributed by atoms with van der Waals surface area (Å²) in [7, 11) is 1.65. The summed E-state index contributed by atoms with van der Waals surface area (Å²) in [5, 5.41) is 12.0. The zero-order valence-corrected chi connectivity index (χ0v) is 10.9. The normalized spacial score (nSPS) is 9.95. The van der Waals surface area contributed by atoms with Crippen LogP contribution in [-0.4, -0.2) is 23.6 Å². The van der Waals surface area contributed by atoms with Crippen molar-refractivity contribution in [3.05, 3.63) is 36.0 Å². The van der Waals surface area contributed by atoms with Crippen LogP contribution in [0.4, 0.5) is 11.6 Å². The van der Waals surface area contributed by atoms with Gasteiger partial charge in [-0.25, -0.2) is 9.97 Å². The number of rotatable bonds is 5. The van der Waals surface area contributed by atoms with Gasteiger partial charge in [-0.15, -0.1) is 0 Å². The van der Waals surface area contributed by atoms with Gasteiger partial charge in [-0.2, -0.15) is 5.26 Å². The van der Waals surface area contributed by atoms with E-state index in [-0.39, 0.29) is 0 Å². The van der Waals surface area contributed by atoms with Gasteiger partial charge in [-0.1, -0.05) is 0 Å². The average Bonchev–Trinajstić information content (AvgIpc) is 2.84. The van der Waals surface area contributed by atoms with E-state index in [1.54, 1.807) is 13.1 Å². The predicted molar refractivity (Wildman–Crippen MR) is 71.7 cm³/mol. The standard InChI is InChI=1S/C13H15N5O/c1-10-3-4-11(19-10)5-6-15-12-7-13(17-9-16-12)18(2)8-14/h3-4,7,9H,5-6H2,1-2H3,(H,15,16,17). The summed E-state index contributed by atoms with van der Waals surface area (Å²) in [5.41, 5.74) is 0. The van der Waals surface area contributed by atoms with Gasteiger partial charge < -0.3 is 9.73 Å². The quantitative estimate of drug-likeness (QED) is 0.651. The Balaban J connectivity index is 1.91. The van der Waals surface area contributed by atoms with Crippen LogP contribution in [0.5, 0.6) is 0 Å². The molecule has 0 bridgehead atoms. The lowest BCUT2D eigenvalue weighted by atomic mass is 10.3. The third-order valence-corrected chi connectivity index (χ3v) is 2.62. The summed E-state index contributed by atoms with van der Waals surface area (Å²) in [5.74, 6) is 3.10. The van der Waals surface area contributed by atoms with Crippen LogP contribution in [0.1, 0.15) is 11.5 Å². The fourth-order valence-electron chi connectivity index (χ4n) is 1.61. The predicted octanol–water partition coefficient (Wildman–Crippen LogP) is 1.95. The maximum Gasteiger partial charge on any atom is 0.185 e. The minimum atomic E-state index is 0.564. The second-order valence-electron chi connectivity index (χ2n) is 4.11. The molecule has 0 fully saturated rings. The van der Waals surface area contributed by atoms with Gasteiger partial charge in [0.2, 0.25) is 0 Å². The molecular weight excluding hydrogens is 242 g/mol. The van der Waals surface area contributed by atoms with Gasteiger partial charge in [-0.3, -0.25) is 4.90 Å². The first kappa shape index (κ1) is 12.9. The minimum absolute atomic E-state index is 0.564. The maximum atomic E-state index is 8.79. The molecule has 6 heteroatoms. The van der Waals surface area contributed by atoms with Gasteiger partial charge in [0.05, 0.1) is 0 Å². The topological polar surface area (TPSA) is 78.0 Å². The summed E-state index contributed by atoms with van der Waals surface area (Å²) in [4.78, 5) is 9.49. The molecule has 0 aliphatic carbocycles. The van der Waals surface area contributed by atoms with Crippen LogP contribution in [0.2, 0.25) is 0 Å². The number of furan rings is 1. The van der Waals surface area contributed by atoms with Gasteiger partial charge in [0.1, 0.15) is 29.5 Å². The van der Waals surface area contributed by atoms with Crippen LogP contribution in [0.3, 0.4) is 0 Å². The lowest BCUT2D eigenvalue weighted by Crippen LogP contribution is -2.12. The number of nitriles is 1.